The summed E-state index contributed by atoms with van der Waals surface area (Å²) in [7, 11) is 0. The van der Waals surface area contributed by atoms with Crippen LogP contribution in [0.5, 0.6) is 0 Å². The van der Waals surface area contributed by atoms with Crippen LogP contribution in [0.2, 0.25) is 5.02 Å². The molecule has 3 N–H and O–H groups in total. The van der Waals surface area contributed by atoms with Crippen molar-refractivity contribution in [2.24, 2.45) is 0 Å². The maximum absolute atomic E-state index is 11.6. The van der Waals surface area contributed by atoms with Gasteiger partial charge in [-0.05, 0) is 37.6 Å². The van der Waals surface area contributed by atoms with Gasteiger partial charge in [-0.2, -0.15) is 0 Å². The fourth-order valence-electron chi connectivity index (χ4n) is 1.50. The first-order valence-corrected chi connectivity index (χ1v) is 6.36. The monoisotopic (exact) mass is 284 g/mol. The highest BCUT2D eigenvalue weighted by Gasteiger charge is 2.06. The second-order valence-electron chi connectivity index (χ2n) is 4.13. The molecule has 0 aliphatic rings. The summed E-state index contributed by atoms with van der Waals surface area (Å²) in [5.41, 5.74) is 1.51. The third-order valence-corrected chi connectivity index (χ3v) is 2.98. The molecule has 0 unspecified atom stereocenters. The van der Waals surface area contributed by atoms with E-state index in [9.17, 15) is 9.59 Å². The molecule has 0 aliphatic heterocycles. The van der Waals surface area contributed by atoms with Gasteiger partial charge in [-0.3, -0.25) is 9.59 Å². The minimum atomic E-state index is -0.833. The van der Waals surface area contributed by atoms with E-state index in [0.717, 1.165) is 5.56 Å². The van der Waals surface area contributed by atoms with Crippen LogP contribution in [0.1, 0.15) is 18.4 Å². The lowest BCUT2D eigenvalue weighted by molar-refractivity contribution is -0.137. The highest BCUT2D eigenvalue weighted by atomic mass is 35.5. The van der Waals surface area contributed by atoms with E-state index in [-0.39, 0.29) is 18.9 Å². The second kappa shape index (κ2) is 7.76. The van der Waals surface area contributed by atoms with Crippen LogP contribution < -0.4 is 10.6 Å². The molecule has 1 rings (SSSR count). The molecule has 0 aromatic heterocycles. The summed E-state index contributed by atoms with van der Waals surface area (Å²) >= 11 is 5.95. The number of aliphatic carboxylic acids is 1. The minimum Gasteiger partial charge on any atom is -0.481 e. The molecule has 1 aromatic carbocycles. The molecule has 1 amide bonds. The maximum atomic E-state index is 11.6. The van der Waals surface area contributed by atoms with Crippen LogP contribution in [-0.4, -0.2) is 30.1 Å². The number of hydrogen-bond acceptors (Lipinski definition) is 3. The predicted octanol–water partition coefficient (Wildman–Crippen LogP) is 2.04. The van der Waals surface area contributed by atoms with Crippen LogP contribution in [0.3, 0.4) is 0 Å². The fraction of sp³-hybridized carbons (Fsp3) is 0.385. The van der Waals surface area contributed by atoms with Crippen molar-refractivity contribution in [3.63, 3.8) is 0 Å². The lowest BCUT2D eigenvalue weighted by Crippen LogP contribution is -2.29. The summed E-state index contributed by atoms with van der Waals surface area (Å²) in [6.07, 6.45) is 0.598. The number of carboxylic acid groups (broad SMARTS) is 1. The van der Waals surface area contributed by atoms with Crippen molar-refractivity contribution >= 4 is 29.2 Å². The molecule has 0 bridgehead atoms. The molecule has 0 aliphatic carbocycles. The van der Waals surface area contributed by atoms with E-state index in [1.54, 1.807) is 18.2 Å². The smallest absolute Gasteiger partial charge is 0.303 e. The molecule has 6 heteroatoms. The Morgan fingerprint density at radius 3 is 2.79 bits per heavy atom. The molecule has 0 saturated heterocycles. The van der Waals surface area contributed by atoms with Crippen molar-refractivity contribution in [3.05, 3.63) is 28.8 Å². The first-order valence-electron chi connectivity index (χ1n) is 5.98. The van der Waals surface area contributed by atoms with E-state index < -0.39 is 5.97 Å². The maximum Gasteiger partial charge on any atom is 0.303 e. The quantitative estimate of drug-likeness (QED) is 0.670. The number of benzene rings is 1. The molecule has 0 radical (unpaired) electrons. The van der Waals surface area contributed by atoms with E-state index in [2.05, 4.69) is 10.6 Å². The molecule has 19 heavy (non-hydrogen) atoms. The third kappa shape index (κ3) is 5.72. The number of hydrogen-bond donors (Lipinski definition) is 3. The minimum absolute atomic E-state index is 0.0992. The number of carbonyl (C=O) groups excluding carboxylic acids is 1. The van der Waals surface area contributed by atoms with Crippen molar-refractivity contribution in [1.82, 2.24) is 5.32 Å². The Hall–Kier alpha value is -1.59. The third-order valence-electron chi connectivity index (χ3n) is 2.57. The number of amides is 1. The molecule has 1 aromatic rings. The van der Waals surface area contributed by atoms with E-state index >= 15 is 0 Å². The van der Waals surface area contributed by atoms with E-state index in [0.29, 0.717) is 23.7 Å². The van der Waals surface area contributed by atoms with Gasteiger partial charge >= 0.3 is 5.97 Å². The Balaban J connectivity index is 2.31. The highest BCUT2D eigenvalue weighted by Crippen LogP contribution is 2.22. The number of nitrogens with one attached hydrogen (secondary N) is 2. The Kier molecular flexibility index (Phi) is 6.32. The SMILES string of the molecule is Cc1c(Cl)cccc1NC(=O)CNCCCC(=O)O. The van der Waals surface area contributed by atoms with Crippen LogP contribution in [0.15, 0.2) is 18.2 Å². The Labute approximate surface area is 117 Å². The summed E-state index contributed by atoms with van der Waals surface area (Å²) in [5.74, 6) is -1.01. The Bertz CT molecular complexity index is 463. The van der Waals surface area contributed by atoms with Crippen molar-refractivity contribution in [1.29, 1.82) is 0 Å². The number of rotatable bonds is 7. The summed E-state index contributed by atoms with van der Waals surface area (Å²) in [5, 5.41) is 14.7. The summed E-state index contributed by atoms with van der Waals surface area (Å²) in [6, 6.07) is 5.31. The normalized spacial score (nSPS) is 10.2. The van der Waals surface area contributed by atoms with Crippen LogP contribution in [-0.2, 0) is 9.59 Å². The molecular formula is C13H17ClN2O3. The van der Waals surface area contributed by atoms with Crippen LogP contribution in [0.25, 0.3) is 0 Å². The molecule has 0 fully saturated rings. The van der Waals surface area contributed by atoms with Gasteiger partial charge in [0.05, 0.1) is 6.54 Å². The van der Waals surface area contributed by atoms with E-state index in [1.165, 1.54) is 0 Å². The number of halogens is 1. The van der Waals surface area contributed by atoms with Gasteiger partial charge in [0.25, 0.3) is 0 Å². The summed E-state index contributed by atoms with van der Waals surface area (Å²) in [6.45, 7) is 2.47. The van der Waals surface area contributed by atoms with Gasteiger partial charge in [0.2, 0.25) is 5.91 Å². The number of anilines is 1. The largest absolute Gasteiger partial charge is 0.481 e. The number of carboxylic acids is 1. The first-order chi connectivity index (χ1) is 9.00. The topological polar surface area (TPSA) is 78.4 Å². The zero-order valence-electron chi connectivity index (χ0n) is 10.7. The standard InChI is InChI=1S/C13H17ClN2O3/c1-9-10(14)4-2-5-11(9)16-12(17)8-15-7-3-6-13(18)19/h2,4-5,15H,3,6-8H2,1H3,(H,16,17)(H,18,19). The van der Waals surface area contributed by atoms with Gasteiger partial charge in [0.1, 0.15) is 0 Å². The second-order valence-corrected chi connectivity index (χ2v) is 4.54. The molecule has 0 spiro atoms. The highest BCUT2D eigenvalue weighted by molar-refractivity contribution is 6.31. The summed E-state index contributed by atoms with van der Waals surface area (Å²) < 4.78 is 0. The number of carbonyl (C=O) groups is 2. The van der Waals surface area contributed by atoms with Crippen molar-refractivity contribution in [2.45, 2.75) is 19.8 Å². The van der Waals surface area contributed by atoms with Gasteiger partial charge in [-0.15, -0.1) is 0 Å². The molecule has 0 atom stereocenters. The zero-order valence-corrected chi connectivity index (χ0v) is 11.5. The van der Waals surface area contributed by atoms with Crippen molar-refractivity contribution in [2.75, 3.05) is 18.4 Å². The van der Waals surface area contributed by atoms with Gasteiger partial charge in [-0.1, -0.05) is 17.7 Å². The van der Waals surface area contributed by atoms with Gasteiger partial charge in [0, 0.05) is 17.1 Å². The van der Waals surface area contributed by atoms with Crippen LogP contribution >= 0.6 is 11.6 Å². The summed E-state index contributed by atoms with van der Waals surface area (Å²) in [4.78, 5) is 21.9. The molecular weight excluding hydrogens is 268 g/mol. The van der Waals surface area contributed by atoms with E-state index in [4.69, 9.17) is 16.7 Å². The zero-order chi connectivity index (χ0) is 14.3. The Morgan fingerprint density at radius 1 is 1.37 bits per heavy atom. The fourth-order valence-corrected chi connectivity index (χ4v) is 1.68. The van der Waals surface area contributed by atoms with Crippen LogP contribution in [0, 0.1) is 6.92 Å². The lowest BCUT2D eigenvalue weighted by atomic mass is 10.2. The van der Waals surface area contributed by atoms with Crippen LogP contribution in [0.4, 0.5) is 5.69 Å². The van der Waals surface area contributed by atoms with E-state index in [1.807, 2.05) is 6.92 Å². The molecule has 0 saturated carbocycles. The molecule has 0 heterocycles. The molecule has 104 valence electrons. The Morgan fingerprint density at radius 2 is 2.11 bits per heavy atom. The lowest BCUT2D eigenvalue weighted by Gasteiger charge is -2.09. The molecule has 5 nitrogen and oxygen atoms in total. The van der Waals surface area contributed by atoms with Gasteiger partial charge in [-0.25, -0.2) is 0 Å². The average Bonchev–Trinajstić information content (AvgIpc) is 2.34. The van der Waals surface area contributed by atoms with Crippen molar-refractivity contribution < 1.29 is 14.7 Å². The first kappa shape index (κ1) is 15.5. The van der Waals surface area contributed by atoms with Crippen molar-refractivity contribution in [3.8, 4) is 0 Å². The van der Waals surface area contributed by atoms with Gasteiger partial charge < -0.3 is 15.7 Å². The average molecular weight is 285 g/mol. The predicted molar refractivity (Wildman–Crippen MR) is 74.6 cm³/mol. The van der Waals surface area contributed by atoms with Gasteiger partial charge in [0.15, 0.2) is 0 Å².